The van der Waals surface area contributed by atoms with E-state index in [2.05, 4.69) is 25.4 Å². The summed E-state index contributed by atoms with van der Waals surface area (Å²) in [4.78, 5) is 0. The van der Waals surface area contributed by atoms with Gasteiger partial charge in [-0.05, 0) is 38.5 Å². The second-order valence-electron chi connectivity index (χ2n) is 9.94. The summed E-state index contributed by atoms with van der Waals surface area (Å²) in [6.07, 6.45) is 26.5. The summed E-state index contributed by atoms with van der Waals surface area (Å²) in [7, 11) is -3.56. The van der Waals surface area contributed by atoms with Crippen LogP contribution in [0.4, 0.5) is 0 Å². The van der Waals surface area contributed by atoms with Crippen molar-refractivity contribution in [2.75, 3.05) is 31.4 Å². The number of unbranched alkanes of at least 4 members (excludes halogenated alkanes) is 15. The Bertz CT molecular complexity index is 472. The molecule has 0 unspecified atom stereocenters. The Morgan fingerprint density at radius 1 is 0.562 bits per heavy atom. The molecule has 0 aliphatic rings. The van der Waals surface area contributed by atoms with Crippen LogP contribution in [0.1, 0.15) is 136 Å². The Morgan fingerprint density at radius 3 is 1.12 bits per heavy atom. The van der Waals surface area contributed by atoms with Gasteiger partial charge in [0.15, 0.2) is 5.88 Å². The molecule has 0 aromatic rings. The van der Waals surface area contributed by atoms with E-state index in [1.165, 1.54) is 116 Å². The molecule has 0 bridgehead atoms. The zero-order valence-corrected chi connectivity index (χ0v) is 23.8. The van der Waals surface area contributed by atoms with Gasteiger partial charge in [-0.3, -0.25) is 4.55 Å². The van der Waals surface area contributed by atoms with Crippen LogP contribution in [0.3, 0.4) is 0 Å². The molecule has 32 heavy (non-hydrogen) atoms. The van der Waals surface area contributed by atoms with Gasteiger partial charge in [0.1, 0.15) is 0 Å². The van der Waals surface area contributed by atoms with E-state index in [-0.39, 0.29) is 5.88 Å². The topological polar surface area (TPSA) is 57.6 Å². The van der Waals surface area contributed by atoms with Crippen LogP contribution in [0.5, 0.6) is 0 Å². The first-order valence-corrected chi connectivity index (χ1v) is 17.7. The van der Waals surface area contributed by atoms with Crippen LogP contribution >= 0.6 is 7.41 Å². The van der Waals surface area contributed by atoms with E-state index >= 15 is 0 Å². The molecule has 0 aliphatic heterocycles. The van der Waals surface area contributed by atoms with Crippen molar-refractivity contribution >= 4 is 17.5 Å². The number of hydrogen-bond donors (Lipinski definition) is 1. The molecule has 0 radical (unpaired) electrons. The lowest BCUT2D eigenvalue weighted by Crippen LogP contribution is -2.31. The molecule has 0 aromatic heterocycles. The average Bonchev–Trinajstić information content (AvgIpc) is 2.73. The van der Waals surface area contributed by atoms with Crippen LogP contribution in [0, 0.1) is 0 Å². The first kappa shape index (κ1) is 32.3. The van der Waals surface area contributed by atoms with Gasteiger partial charge in [-0.25, -0.2) is 0 Å². The van der Waals surface area contributed by atoms with Crippen molar-refractivity contribution in [3.05, 3.63) is 0 Å². The lowest BCUT2D eigenvalue weighted by atomic mass is 10.1. The SMILES string of the molecule is CCCCCCCC[P+](CCCCCCCC)(CCCCCCCC)N(C)CS(=O)(=O)O. The Morgan fingerprint density at radius 2 is 0.844 bits per heavy atom. The third-order valence-corrected chi connectivity index (χ3v) is 12.8. The fourth-order valence-corrected chi connectivity index (χ4v) is 10.8. The average molecular weight is 495 g/mol. The minimum absolute atomic E-state index is 0.192. The third kappa shape index (κ3) is 17.7. The van der Waals surface area contributed by atoms with Crippen LogP contribution in [0.2, 0.25) is 0 Å². The van der Waals surface area contributed by atoms with Gasteiger partial charge in [0, 0.05) is 7.05 Å². The summed E-state index contributed by atoms with van der Waals surface area (Å²) in [5.74, 6) is -0.192. The summed E-state index contributed by atoms with van der Waals surface area (Å²) in [5.41, 5.74) is 0. The maximum atomic E-state index is 11.8. The van der Waals surface area contributed by atoms with Crippen LogP contribution in [0.25, 0.3) is 0 Å². The molecule has 0 saturated carbocycles. The molecule has 0 spiro atoms. The largest absolute Gasteiger partial charge is 0.284 e. The fourth-order valence-electron chi connectivity index (χ4n) is 4.77. The molecule has 0 aromatic carbocycles. The third-order valence-electron chi connectivity index (χ3n) is 6.86. The van der Waals surface area contributed by atoms with Crippen molar-refractivity contribution in [1.29, 1.82) is 0 Å². The van der Waals surface area contributed by atoms with Gasteiger partial charge in [0.25, 0.3) is 10.1 Å². The maximum absolute atomic E-state index is 11.8. The molecule has 0 amide bonds. The van der Waals surface area contributed by atoms with Gasteiger partial charge in [-0.1, -0.05) is 97.8 Å². The second-order valence-corrected chi connectivity index (χ2v) is 15.6. The molecule has 0 heterocycles. The predicted octanol–water partition coefficient (Wildman–Crippen LogP) is 8.78. The van der Waals surface area contributed by atoms with E-state index in [0.29, 0.717) is 0 Å². The van der Waals surface area contributed by atoms with Gasteiger partial charge in [0.2, 0.25) is 0 Å². The summed E-state index contributed by atoms with van der Waals surface area (Å²) in [5, 5.41) is 0. The van der Waals surface area contributed by atoms with Crippen LogP contribution < -0.4 is 0 Å². The molecular formula is C26H57NO3PS+. The second kappa shape index (κ2) is 20.7. The van der Waals surface area contributed by atoms with E-state index < -0.39 is 17.5 Å². The molecular weight excluding hydrogens is 437 g/mol. The molecule has 0 fully saturated rings. The van der Waals surface area contributed by atoms with Crippen molar-refractivity contribution in [2.24, 2.45) is 0 Å². The molecule has 0 saturated heterocycles. The Hall–Kier alpha value is 0.300. The molecule has 1 N–H and O–H groups in total. The smallest absolute Gasteiger partial charge is 0.281 e. The molecule has 4 nitrogen and oxygen atoms in total. The van der Waals surface area contributed by atoms with Crippen molar-refractivity contribution in [3.63, 3.8) is 0 Å². The quantitative estimate of drug-likeness (QED) is 0.0827. The van der Waals surface area contributed by atoms with Gasteiger partial charge >= 0.3 is 0 Å². The van der Waals surface area contributed by atoms with E-state index in [4.69, 9.17) is 0 Å². The molecule has 6 heteroatoms. The van der Waals surface area contributed by atoms with E-state index in [1.54, 1.807) is 0 Å². The van der Waals surface area contributed by atoms with Crippen molar-refractivity contribution in [2.45, 2.75) is 136 Å². The van der Waals surface area contributed by atoms with Crippen LogP contribution in [-0.4, -0.2) is 49.1 Å². The first-order chi connectivity index (χ1) is 15.3. The number of nitrogens with zero attached hydrogens (tertiary/aromatic N) is 1. The molecule has 194 valence electrons. The highest BCUT2D eigenvalue weighted by Crippen LogP contribution is 2.63. The van der Waals surface area contributed by atoms with E-state index in [1.807, 2.05) is 7.05 Å². The Kier molecular flexibility index (Phi) is 20.8. The van der Waals surface area contributed by atoms with Gasteiger partial charge < -0.3 is 0 Å². The molecule has 0 rings (SSSR count). The van der Waals surface area contributed by atoms with E-state index in [0.717, 1.165) is 18.5 Å². The van der Waals surface area contributed by atoms with Crippen molar-refractivity contribution < 1.29 is 13.0 Å². The van der Waals surface area contributed by atoms with Crippen molar-refractivity contribution in [3.8, 4) is 0 Å². The summed E-state index contributed by atoms with van der Waals surface area (Å²) >= 11 is 0. The summed E-state index contributed by atoms with van der Waals surface area (Å²) < 4.78 is 35.2. The molecule has 0 aliphatic carbocycles. The molecule has 0 atom stereocenters. The maximum Gasteiger partial charge on any atom is 0.281 e. The minimum Gasteiger partial charge on any atom is -0.284 e. The highest BCUT2D eigenvalue weighted by atomic mass is 32.2. The Balaban J connectivity index is 5.08. The summed E-state index contributed by atoms with van der Waals surface area (Å²) in [6, 6.07) is 0. The lowest BCUT2D eigenvalue weighted by molar-refractivity contribution is 0.457. The minimum atomic E-state index is -3.98. The highest BCUT2D eigenvalue weighted by Gasteiger charge is 2.42. The number of rotatable bonds is 24. The van der Waals surface area contributed by atoms with Crippen molar-refractivity contribution in [1.82, 2.24) is 4.67 Å². The van der Waals surface area contributed by atoms with E-state index in [9.17, 15) is 13.0 Å². The van der Waals surface area contributed by atoms with Gasteiger partial charge in [0.05, 0.1) is 25.9 Å². The fraction of sp³-hybridized carbons (Fsp3) is 1.00. The van der Waals surface area contributed by atoms with Crippen LogP contribution in [-0.2, 0) is 10.1 Å². The monoisotopic (exact) mass is 494 g/mol. The number of hydrogen-bond acceptors (Lipinski definition) is 3. The predicted molar refractivity (Wildman–Crippen MR) is 146 cm³/mol. The zero-order chi connectivity index (χ0) is 24.1. The summed E-state index contributed by atoms with van der Waals surface area (Å²) in [6.45, 7) is 6.76. The highest BCUT2D eigenvalue weighted by molar-refractivity contribution is 7.86. The first-order valence-electron chi connectivity index (χ1n) is 13.8. The van der Waals surface area contributed by atoms with Gasteiger partial charge in [-0.2, -0.15) is 13.1 Å². The normalized spacial score (nSPS) is 12.7. The zero-order valence-electron chi connectivity index (χ0n) is 22.1. The lowest BCUT2D eigenvalue weighted by Gasteiger charge is -2.35. The standard InChI is InChI=1S/C26H56NO3PS/c1-5-8-11-14-17-20-23-31(27(4)26-32(28,29)30,24-21-18-15-12-9-6-2)25-22-19-16-13-10-7-3/h5-26H2,1-4H3/p+1. The van der Waals surface area contributed by atoms with Crippen LogP contribution in [0.15, 0.2) is 0 Å². The Labute approximate surface area is 202 Å². The van der Waals surface area contributed by atoms with Gasteiger partial charge in [-0.15, -0.1) is 0 Å².